The third-order valence-electron chi connectivity index (χ3n) is 3.41. The maximum Gasteiger partial charge on any atom is 0.126 e. The van der Waals surface area contributed by atoms with Crippen molar-refractivity contribution in [1.29, 1.82) is 0 Å². The first kappa shape index (κ1) is 11.3. The monoisotopic (exact) mass is 221 g/mol. The molecule has 0 bridgehead atoms. The molecule has 0 fully saturated rings. The minimum atomic E-state index is 0.107. The van der Waals surface area contributed by atoms with Crippen LogP contribution in [0.2, 0.25) is 0 Å². The summed E-state index contributed by atoms with van der Waals surface area (Å²) in [6.07, 6.45) is 2.15. The summed E-state index contributed by atoms with van der Waals surface area (Å²) >= 11 is 0. The van der Waals surface area contributed by atoms with E-state index in [1.165, 1.54) is 11.1 Å². The van der Waals surface area contributed by atoms with Crippen molar-refractivity contribution in [3.63, 3.8) is 0 Å². The van der Waals surface area contributed by atoms with Gasteiger partial charge in [0.15, 0.2) is 0 Å². The Morgan fingerprint density at radius 1 is 1.19 bits per heavy atom. The third kappa shape index (κ3) is 1.76. The Bertz CT molecular complexity index is 390. The van der Waals surface area contributed by atoms with E-state index in [4.69, 9.17) is 15.2 Å². The summed E-state index contributed by atoms with van der Waals surface area (Å²) in [6, 6.07) is 4.08. The second-order valence-corrected chi connectivity index (χ2v) is 4.42. The molecule has 88 valence electrons. The number of benzene rings is 1. The molecular weight excluding hydrogens is 202 g/mol. The molecular formula is C13H19NO2. The van der Waals surface area contributed by atoms with E-state index in [0.717, 1.165) is 24.3 Å². The van der Waals surface area contributed by atoms with Crippen LogP contribution in [0.1, 0.15) is 42.9 Å². The number of fused-ring (bicyclic) bond motifs is 1. The molecule has 3 heteroatoms. The Morgan fingerprint density at radius 2 is 1.94 bits per heavy atom. The van der Waals surface area contributed by atoms with Gasteiger partial charge in [0.1, 0.15) is 11.5 Å². The fraction of sp³-hybridized carbons (Fsp3) is 0.538. The average molecular weight is 221 g/mol. The number of hydrogen-bond donors (Lipinski definition) is 1. The maximum absolute atomic E-state index is 6.14. The number of rotatable bonds is 2. The molecule has 0 saturated carbocycles. The average Bonchev–Trinajstić information content (AvgIpc) is 2.32. The number of methoxy groups -OCH3 is 2. The SMILES string of the molecule is COc1cc(OC)c2c(c1)C(N)CCC2C. The van der Waals surface area contributed by atoms with Gasteiger partial charge in [-0.05, 0) is 30.4 Å². The highest BCUT2D eigenvalue weighted by Crippen LogP contribution is 2.43. The van der Waals surface area contributed by atoms with E-state index < -0.39 is 0 Å². The zero-order chi connectivity index (χ0) is 11.7. The molecule has 1 aromatic carbocycles. The van der Waals surface area contributed by atoms with Crippen molar-refractivity contribution in [2.75, 3.05) is 14.2 Å². The van der Waals surface area contributed by atoms with E-state index in [-0.39, 0.29) is 6.04 Å². The molecule has 0 amide bonds. The summed E-state index contributed by atoms with van der Waals surface area (Å²) in [6.45, 7) is 2.22. The molecule has 0 saturated heterocycles. The van der Waals surface area contributed by atoms with Gasteiger partial charge in [0.2, 0.25) is 0 Å². The lowest BCUT2D eigenvalue weighted by Crippen LogP contribution is -2.20. The zero-order valence-corrected chi connectivity index (χ0v) is 10.1. The van der Waals surface area contributed by atoms with Crippen LogP contribution in [-0.4, -0.2) is 14.2 Å². The maximum atomic E-state index is 6.14. The van der Waals surface area contributed by atoms with Crippen molar-refractivity contribution in [3.8, 4) is 11.5 Å². The van der Waals surface area contributed by atoms with Crippen molar-refractivity contribution in [1.82, 2.24) is 0 Å². The van der Waals surface area contributed by atoms with Gasteiger partial charge >= 0.3 is 0 Å². The van der Waals surface area contributed by atoms with Crippen LogP contribution in [0.3, 0.4) is 0 Å². The molecule has 2 N–H and O–H groups in total. The zero-order valence-electron chi connectivity index (χ0n) is 10.1. The van der Waals surface area contributed by atoms with Crippen LogP contribution >= 0.6 is 0 Å². The predicted molar refractivity (Wildman–Crippen MR) is 64.1 cm³/mol. The van der Waals surface area contributed by atoms with Gasteiger partial charge in [-0.1, -0.05) is 6.92 Å². The number of nitrogens with two attached hydrogens (primary N) is 1. The van der Waals surface area contributed by atoms with Crippen LogP contribution in [0.25, 0.3) is 0 Å². The lowest BCUT2D eigenvalue weighted by atomic mass is 9.80. The second kappa shape index (κ2) is 4.34. The van der Waals surface area contributed by atoms with Crippen molar-refractivity contribution >= 4 is 0 Å². The molecule has 0 aromatic heterocycles. The van der Waals surface area contributed by atoms with E-state index in [2.05, 4.69) is 6.92 Å². The van der Waals surface area contributed by atoms with Crippen molar-refractivity contribution < 1.29 is 9.47 Å². The van der Waals surface area contributed by atoms with Crippen molar-refractivity contribution in [2.45, 2.75) is 31.7 Å². The van der Waals surface area contributed by atoms with Crippen LogP contribution in [0, 0.1) is 0 Å². The van der Waals surface area contributed by atoms with Crippen LogP contribution in [-0.2, 0) is 0 Å². The molecule has 2 atom stereocenters. The summed E-state index contributed by atoms with van der Waals surface area (Å²) < 4.78 is 10.7. The standard InChI is InChI=1S/C13H19NO2/c1-8-4-5-11(14)10-6-9(15-2)7-12(16-3)13(8)10/h6-8,11H,4-5,14H2,1-3H3. The van der Waals surface area contributed by atoms with E-state index in [1.54, 1.807) is 14.2 Å². The highest BCUT2D eigenvalue weighted by Gasteiger charge is 2.26. The van der Waals surface area contributed by atoms with Gasteiger partial charge < -0.3 is 15.2 Å². The van der Waals surface area contributed by atoms with Gasteiger partial charge in [-0.3, -0.25) is 0 Å². The van der Waals surface area contributed by atoms with Gasteiger partial charge in [-0.15, -0.1) is 0 Å². The Morgan fingerprint density at radius 3 is 2.56 bits per heavy atom. The number of ether oxygens (including phenoxy) is 2. The molecule has 0 radical (unpaired) electrons. The quantitative estimate of drug-likeness (QED) is 0.834. The molecule has 1 aliphatic carbocycles. The Labute approximate surface area is 96.5 Å². The summed E-state index contributed by atoms with van der Waals surface area (Å²) in [5, 5.41) is 0. The molecule has 0 spiro atoms. The molecule has 3 nitrogen and oxygen atoms in total. The summed E-state index contributed by atoms with van der Waals surface area (Å²) in [5.74, 6) is 2.23. The molecule has 1 aliphatic rings. The number of hydrogen-bond acceptors (Lipinski definition) is 3. The molecule has 1 aromatic rings. The van der Waals surface area contributed by atoms with Gasteiger partial charge in [0, 0.05) is 17.7 Å². The van der Waals surface area contributed by atoms with Crippen molar-refractivity contribution in [2.24, 2.45) is 5.73 Å². The Kier molecular flexibility index (Phi) is 3.06. The first-order valence-corrected chi connectivity index (χ1v) is 5.68. The van der Waals surface area contributed by atoms with Gasteiger partial charge in [-0.2, -0.15) is 0 Å². The molecule has 16 heavy (non-hydrogen) atoms. The normalized spacial score (nSPS) is 23.8. The van der Waals surface area contributed by atoms with Crippen LogP contribution in [0.5, 0.6) is 11.5 Å². The highest BCUT2D eigenvalue weighted by molar-refractivity contribution is 5.50. The third-order valence-corrected chi connectivity index (χ3v) is 3.41. The summed E-state index contributed by atoms with van der Waals surface area (Å²) in [5.41, 5.74) is 8.57. The van der Waals surface area contributed by atoms with E-state index >= 15 is 0 Å². The second-order valence-electron chi connectivity index (χ2n) is 4.42. The van der Waals surface area contributed by atoms with Crippen LogP contribution in [0.4, 0.5) is 0 Å². The lowest BCUT2D eigenvalue weighted by Gasteiger charge is -2.29. The molecule has 2 unspecified atom stereocenters. The molecule has 0 heterocycles. The van der Waals surface area contributed by atoms with E-state index in [1.807, 2.05) is 12.1 Å². The minimum absolute atomic E-state index is 0.107. The topological polar surface area (TPSA) is 44.5 Å². The smallest absolute Gasteiger partial charge is 0.126 e. The van der Waals surface area contributed by atoms with Gasteiger partial charge in [0.05, 0.1) is 14.2 Å². The largest absolute Gasteiger partial charge is 0.497 e. The van der Waals surface area contributed by atoms with Crippen molar-refractivity contribution in [3.05, 3.63) is 23.3 Å². The predicted octanol–water partition coefficient (Wildman–Crippen LogP) is 2.60. The van der Waals surface area contributed by atoms with Gasteiger partial charge in [0.25, 0.3) is 0 Å². The first-order chi connectivity index (χ1) is 7.67. The Hall–Kier alpha value is -1.22. The lowest BCUT2D eigenvalue weighted by molar-refractivity contribution is 0.379. The fourth-order valence-electron chi connectivity index (χ4n) is 2.47. The minimum Gasteiger partial charge on any atom is -0.497 e. The van der Waals surface area contributed by atoms with E-state index in [0.29, 0.717) is 5.92 Å². The summed E-state index contributed by atoms with van der Waals surface area (Å²) in [7, 11) is 3.36. The first-order valence-electron chi connectivity index (χ1n) is 5.68. The fourth-order valence-corrected chi connectivity index (χ4v) is 2.47. The molecule has 0 aliphatic heterocycles. The van der Waals surface area contributed by atoms with Crippen LogP contribution < -0.4 is 15.2 Å². The highest BCUT2D eigenvalue weighted by atomic mass is 16.5. The Balaban J connectivity index is 2.58. The van der Waals surface area contributed by atoms with Gasteiger partial charge in [-0.25, -0.2) is 0 Å². The van der Waals surface area contributed by atoms with Crippen LogP contribution in [0.15, 0.2) is 12.1 Å². The molecule has 2 rings (SSSR count). The van der Waals surface area contributed by atoms with E-state index in [9.17, 15) is 0 Å². The summed E-state index contributed by atoms with van der Waals surface area (Å²) in [4.78, 5) is 0.